The van der Waals surface area contributed by atoms with Crippen LogP contribution in [0.4, 0.5) is 8.78 Å². The molecule has 4 rings (SSSR count). The minimum absolute atomic E-state index is 0.432. The van der Waals surface area contributed by atoms with E-state index < -0.39 is 11.6 Å². The molecule has 2 heteroatoms. The van der Waals surface area contributed by atoms with Crippen LogP contribution in [0.15, 0.2) is 18.2 Å². The van der Waals surface area contributed by atoms with Gasteiger partial charge in [-0.15, -0.1) is 0 Å². The van der Waals surface area contributed by atoms with Crippen LogP contribution >= 0.6 is 0 Å². The first-order chi connectivity index (χ1) is 14.6. The largest absolute Gasteiger partial charge is 0.204 e. The topological polar surface area (TPSA) is 0 Å². The molecule has 0 aromatic heterocycles. The van der Waals surface area contributed by atoms with Gasteiger partial charge in [0.1, 0.15) is 0 Å². The lowest BCUT2D eigenvalue weighted by atomic mass is 9.60. The second-order valence-corrected chi connectivity index (χ2v) is 10.9. The summed E-state index contributed by atoms with van der Waals surface area (Å²) >= 11 is 0. The van der Waals surface area contributed by atoms with Gasteiger partial charge in [-0.05, 0) is 105 Å². The summed E-state index contributed by atoms with van der Waals surface area (Å²) in [6, 6.07) is 4.58. The van der Waals surface area contributed by atoms with Crippen molar-refractivity contribution in [3.8, 4) is 0 Å². The molecular weight excluding hydrogens is 374 g/mol. The highest BCUT2D eigenvalue weighted by atomic mass is 19.2. The maximum atomic E-state index is 13.7. The fourth-order valence-corrected chi connectivity index (χ4v) is 7.23. The molecule has 0 N–H and O–H groups in total. The monoisotopic (exact) mass is 416 g/mol. The molecule has 1 aromatic carbocycles. The molecule has 4 atom stereocenters. The zero-order chi connectivity index (χ0) is 20.9. The van der Waals surface area contributed by atoms with Gasteiger partial charge in [0, 0.05) is 0 Å². The highest BCUT2D eigenvalue weighted by Gasteiger charge is 2.39. The Morgan fingerprint density at radius 2 is 1.37 bits per heavy atom. The third kappa shape index (κ3) is 5.46. The van der Waals surface area contributed by atoms with E-state index in [1.54, 1.807) is 0 Å². The van der Waals surface area contributed by atoms with Crippen LogP contribution in [0.3, 0.4) is 0 Å². The average molecular weight is 417 g/mol. The van der Waals surface area contributed by atoms with Crippen molar-refractivity contribution >= 4 is 0 Å². The fourth-order valence-electron chi connectivity index (χ4n) is 7.23. The third-order valence-corrected chi connectivity index (χ3v) is 9.09. The zero-order valence-electron chi connectivity index (χ0n) is 19.1. The van der Waals surface area contributed by atoms with Gasteiger partial charge < -0.3 is 0 Å². The van der Waals surface area contributed by atoms with E-state index in [4.69, 9.17) is 0 Å². The molecule has 0 bridgehead atoms. The van der Waals surface area contributed by atoms with Crippen molar-refractivity contribution < 1.29 is 8.78 Å². The van der Waals surface area contributed by atoms with Gasteiger partial charge in [-0.25, -0.2) is 8.78 Å². The first kappa shape index (κ1) is 22.3. The second kappa shape index (κ2) is 10.6. The number of rotatable bonds is 7. The summed E-state index contributed by atoms with van der Waals surface area (Å²) in [5.41, 5.74) is 1.02. The molecular formula is C28H42F2. The van der Waals surface area contributed by atoms with Crippen LogP contribution in [0, 0.1) is 41.2 Å². The molecule has 3 saturated carbocycles. The summed E-state index contributed by atoms with van der Waals surface area (Å²) in [6.07, 6.45) is 20.9. The van der Waals surface area contributed by atoms with Gasteiger partial charge in [0.05, 0.1) is 0 Å². The maximum absolute atomic E-state index is 13.7. The summed E-state index contributed by atoms with van der Waals surface area (Å²) in [4.78, 5) is 0. The minimum atomic E-state index is -0.719. The zero-order valence-corrected chi connectivity index (χ0v) is 19.1. The lowest BCUT2D eigenvalue weighted by molar-refractivity contribution is 0.0710. The van der Waals surface area contributed by atoms with Crippen LogP contribution in [-0.2, 0) is 0 Å². The molecule has 0 amide bonds. The summed E-state index contributed by atoms with van der Waals surface area (Å²) in [6.45, 7) is 2.30. The van der Waals surface area contributed by atoms with Crippen LogP contribution in [0.5, 0.6) is 0 Å². The van der Waals surface area contributed by atoms with Gasteiger partial charge in [0.25, 0.3) is 0 Å². The number of benzene rings is 1. The Morgan fingerprint density at radius 3 is 2.10 bits per heavy atom. The predicted octanol–water partition coefficient (Wildman–Crippen LogP) is 9.04. The molecule has 3 fully saturated rings. The highest BCUT2D eigenvalue weighted by Crippen LogP contribution is 2.51. The van der Waals surface area contributed by atoms with Crippen LogP contribution in [0.1, 0.15) is 115 Å². The van der Waals surface area contributed by atoms with Gasteiger partial charge in [0.2, 0.25) is 0 Å². The molecule has 30 heavy (non-hydrogen) atoms. The van der Waals surface area contributed by atoms with E-state index in [2.05, 4.69) is 6.92 Å². The van der Waals surface area contributed by atoms with Gasteiger partial charge in [0.15, 0.2) is 11.6 Å². The second-order valence-electron chi connectivity index (χ2n) is 10.9. The number of hydrogen-bond donors (Lipinski definition) is 0. The number of unbranched alkanes of at least 4 members (excludes halogenated alkanes) is 3. The lowest BCUT2D eigenvalue weighted by Crippen LogP contribution is -2.34. The first-order valence-corrected chi connectivity index (χ1v) is 13.1. The molecule has 0 radical (unpaired) electrons. The Morgan fingerprint density at radius 1 is 0.700 bits per heavy atom. The summed E-state index contributed by atoms with van der Waals surface area (Å²) in [7, 11) is 0. The smallest absolute Gasteiger partial charge is 0.159 e. The van der Waals surface area contributed by atoms with Crippen molar-refractivity contribution in [2.45, 2.75) is 109 Å². The molecule has 3 aliphatic rings. The Balaban J connectivity index is 1.22. The van der Waals surface area contributed by atoms with E-state index in [0.717, 1.165) is 41.6 Å². The van der Waals surface area contributed by atoms with Gasteiger partial charge >= 0.3 is 0 Å². The predicted molar refractivity (Wildman–Crippen MR) is 121 cm³/mol. The van der Waals surface area contributed by atoms with Crippen molar-refractivity contribution in [2.75, 3.05) is 0 Å². The Bertz CT molecular complexity index is 661. The van der Waals surface area contributed by atoms with Crippen LogP contribution in [0.2, 0.25) is 0 Å². The third-order valence-electron chi connectivity index (χ3n) is 9.09. The number of hydrogen-bond acceptors (Lipinski definition) is 0. The van der Waals surface area contributed by atoms with Crippen LogP contribution in [0.25, 0.3) is 0 Å². The molecule has 0 aliphatic heterocycles. The molecule has 4 unspecified atom stereocenters. The average Bonchev–Trinajstić information content (AvgIpc) is 2.78. The van der Waals surface area contributed by atoms with E-state index in [0.29, 0.717) is 5.92 Å². The maximum Gasteiger partial charge on any atom is 0.159 e. The molecule has 0 spiro atoms. The van der Waals surface area contributed by atoms with E-state index in [-0.39, 0.29) is 0 Å². The summed E-state index contributed by atoms with van der Waals surface area (Å²) in [5, 5.41) is 0. The Labute approximate surface area is 183 Å². The SMILES string of the molecule is CCCCCCC1CCC(C2CCC3CC(c4ccc(F)c(F)c4)CCC3C2)CC1. The molecule has 0 saturated heterocycles. The molecule has 168 valence electrons. The molecule has 0 nitrogen and oxygen atoms in total. The van der Waals surface area contributed by atoms with Gasteiger partial charge in [-0.2, -0.15) is 0 Å². The van der Waals surface area contributed by atoms with E-state index in [9.17, 15) is 8.78 Å². The van der Waals surface area contributed by atoms with E-state index in [1.165, 1.54) is 102 Å². The molecule has 1 aromatic rings. The van der Waals surface area contributed by atoms with Crippen molar-refractivity contribution in [1.29, 1.82) is 0 Å². The van der Waals surface area contributed by atoms with Crippen molar-refractivity contribution in [2.24, 2.45) is 29.6 Å². The number of fused-ring (bicyclic) bond motifs is 1. The first-order valence-electron chi connectivity index (χ1n) is 13.1. The van der Waals surface area contributed by atoms with Crippen molar-refractivity contribution in [3.05, 3.63) is 35.4 Å². The van der Waals surface area contributed by atoms with Crippen molar-refractivity contribution in [3.63, 3.8) is 0 Å². The normalized spacial score (nSPS) is 34.5. The minimum Gasteiger partial charge on any atom is -0.204 e. The number of halogens is 2. The Kier molecular flexibility index (Phi) is 7.87. The summed E-state index contributed by atoms with van der Waals surface area (Å²) < 4.78 is 27.0. The lowest BCUT2D eigenvalue weighted by Gasteiger charge is -2.45. The molecule has 3 aliphatic carbocycles. The summed E-state index contributed by atoms with van der Waals surface area (Å²) in [5.74, 6) is 3.69. The molecule has 0 heterocycles. The fraction of sp³-hybridized carbons (Fsp3) is 0.786. The quantitative estimate of drug-likeness (QED) is 0.389. The van der Waals surface area contributed by atoms with Gasteiger partial charge in [-0.1, -0.05) is 57.9 Å². The Hall–Kier alpha value is -0.920. The van der Waals surface area contributed by atoms with E-state index in [1.807, 2.05) is 6.07 Å². The highest BCUT2D eigenvalue weighted by molar-refractivity contribution is 5.22. The van der Waals surface area contributed by atoms with Crippen LogP contribution < -0.4 is 0 Å². The standard InChI is InChI=1S/C28H42F2/c1-2-3-4-5-6-20-7-9-21(10-8-20)22-11-12-24-18-25(14-13-23(24)17-22)26-15-16-27(29)28(30)19-26/h15-16,19-25H,2-14,17-18H2,1H3. The van der Waals surface area contributed by atoms with E-state index >= 15 is 0 Å². The van der Waals surface area contributed by atoms with Gasteiger partial charge in [-0.3, -0.25) is 0 Å². The van der Waals surface area contributed by atoms with Crippen LogP contribution in [-0.4, -0.2) is 0 Å². The van der Waals surface area contributed by atoms with Crippen molar-refractivity contribution in [1.82, 2.24) is 0 Å².